The molecule has 0 heterocycles. The fourth-order valence-corrected chi connectivity index (χ4v) is 4.80. The van der Waals surface area contributed by atoms with Crippen LogP contribution in [0.3, 0.4) is 0 Å². The molecule has 0 atom stereocenters. The molecule has 11 heteroatoms. The highest BCUT2D eigenvalue weighted by Crippen LogP contribution is 2.28. The zero-order chi connectivity index (χ0) is 23.4. The van der Waals surface area contributed by atoms with Crippen molar-refractivity contribution in [1.29, 1.82) is 0 Å². The number of thioether (sulfide) groups is 2. The molecule has 0 rings (SSSR count). The van der Waals surface area contributed by atoms with Crippen LogP contribution in [0.5, 0.6) is 0 Å². The van der Waals surface area contributed by atoms with Gasteiger partial charge in [-0.1, -0.05) is 23.5 Å². The van der Waals surface area contributed by atoms with E-state index in [0.29, 0.717) is 35.1 Å². The predicted molar refractivity (Wildman–Crippen MR) is 131 cm³/mol. The van der Waals surface area contributed by atoms with E-state index in [1.165, 1.54) is 0 Å². The Morgan fingerprint density at radius 2 is 1.10 bits per heavy atom. The first kappa shape index (κ1) is 29.4. The van der Waals surface area contributed by atoms with Crippen molar-refractivity contribution in [2.45, 2.75) is 51.0 Å². The summed E-state index contributed by atoms with van der Waals surface area (Å²) in [6.07, 6.45) is 0. The number of likely N-dealkylation sites (N-methyl/N-ethyl adjacent to an activating group) is 1. The van der Waals surface area contributed by atoms with E-state index < -0.39 is 9.49 Å². The molecule has 0 N–H and O–H groups in total. The molecule has 0 unspecified atom stereocenters. The Labute approximate surface area is 199 Å². The second kappa shape index (κ2) is 14.4. The molecule has 0 spiro atoms. The van der Waals surface area contributed by atoms with E-state index in [2.05, 4.69) is 0 Å². The molecule has 7 nitrogen and oxygen atoms in total. The van der Waals surface area contributed by atoms with Gasteiger partial charge in [0.25, 0.3) is 0 Å². The van der Waals surface area contributed by atoms with Crippen molar-refractivity contribution < 1.29 is 28.5 Å². The highest BCUT2D eigenvalue weighted by atomic mass is 32.2. The fraction of sp³-hybridized carbons (Fsp3) is 0.789. The van der Waals surface area contributed by atoms with E-state index in [0.717, 1.165) is 23.5 Å². The van der Waals surface area contributed by atoms with Crippen molar-refractivity contribution in [2.24, 2.45) is 0 Å². The van der Waals surface area contributed by atoms with Crippen molar-refractivity contribution in [3.63, 3.8) is 0 Å². The number of esters is 2. The molecule has 0 fully saturated rings. The zero-order valence-electron chi connectivity index (χ0n) is 18.8. The van der Waals surface area contributed by atoms with Crippen LogP contribution in [0.1, 0.15) is 41.5 Å². The minimum atomic E-state index is -0.828. The number of hydrogen-bond acceptors (Lipinski definition) is 11. The Morgan fingerprint density at radius 1 is 0.767 bits per heavy atom. The SMILES string of the molecule is CCOC(=S)SC(C)(C)C(=O)OCCN(C)CCOC(=O)C(C)(C)SC(=S)OCC. The minimum absolute atomic E-state index is 0.221. The lowest BCUT2D eigenvalue weighted by Gasteiger charge is -2.24. The van der Waals surface area contributed by atoms with Gasteiger partial charge >= 0.3 is 11.9 Å². The van der Waals surface area contributed by atoms with E-state index in [-0.39, 0.29) is 25.2 Å². The molecule has 0 amide bonds. The standard InChI is InChI=1S/C19H33NO6S4/c1-8-23-16(27)29-18(3,4)14(21)25-12-10-20(7)11-13-26-15(22)19(5,6)30-17(28)24-9-2/h8-13H2,1-7H3. The van der Waals surface area contributed by atoms with Crippen molar-refractivity contribution in [3.8, 4) is 0 Å². The number of carbonyl (C=O) groups excluding carboxylic acids is 2. The van der Waals surface area contributed by atoms with Gasteiger partial charge in [-0.15, -0.1) is 0 Å². The van der Waals surface area contributed by atoms with Crippen LogP contribution in [0.15, 0.2) is 0 Å². The Hall–Kier alpha value is -0.620. The highest BCUT2D eigenvalue weighted by molar-refractivity contribution is 8.24. The van der Waals surface area contributed by atoms with Crippen LogP contribution in [0.4, 0.5) is 0 Å². The number of thiocarbonyl (C=S) groups is 2. The Kier molecular flexibility index (Phi) is 14.1. The van der Waals surface area contributed by atoms with Crippen molar-refractivity contribution in [1.82, 2.24) is 4.90 Å². The lowest BCUT2D eigenvalue weighted by molar-refractivity contribution is -0.146. The number of rotatable bonds is 12. The molecule has 0 aromatic rings. The highest BCUT2D eigenvalue weighted by Gasteiger charge is 2.33. The van der Waals surface area contributed by atoms with Gasteiger partial charge in [0.2, 0.25) is 8.77 Å². The summed E-state index contributed by atoms with van der Waals surface area (Å²) in [5, 5.41) is 0. The van der Waals surface area contributed by atoms with Gasteiger partial charge in [0, 0.05) is 13.1 Å². The van der Waals surface area contributed by atoms with Crippen LogP contribution < -0.4 is 0 Å². The summed E-state index contributed by atoms with van der Waals surface area (Å²) in [5.74, 6) is -0.725. The largest absolute Gasteiger partial charge is 0.479 e. The third kappa shape index (κ3) is 12.3. The average Bonchev–Trinajstić information content (AvgIpc) is 2.60. The Bertz CT molecular complexity index is 548. The first-order chi connectivity index (χ1) is 13.9. The van der Waals surface area contributed by atoms with E-state index in [4.69, 9.17) is 43.4 Å². The topological polar surface area (TPSA) is 74.3 Å². The molecular weight excluding hydrogens is 466 g/mol. The number of hydrogen-bond donors (Lipinski definition) is 0. The van der Waals surface area contributed by atoms with Gasteiger partial charge in [-0.25, -0.2) is 0 Å². The summed E-state index contributed by atoms with van der Waals surface area (Å²) in [6.45, 7) is 13.0. The number of ether oxygens (including phenoxy) is 4. The summed E-state index contributed by atoms with van der Waals surface area (Å²) < 4.78 is 20.1. The molecule has 0 radical (unpaired) electrons. The van der Waals surface area contributed by atoms with Gasteiger partial charge in [0.05, 0.1) is 13.2 Å². The summed E-state index contributed by atoms with van der Waals surface area (Å²) in [6, 6.07) is 0. The maximum absolute atomic E-state index is 12.3. The normalized spacial score (nSPS) is 11.7. The van der Waals surface area contributed by atoms with Gasteiger partial charge in [-0.3, -0.25) is 14.5 Å². The summed E-state index contributed by atoms with van der Waals surface area (Å²) in [5.41, 5.74) is 0. The smallest absolute Gasteiger partial charge is 0.322 e. The maximum atomic E-state index is 12.3. The van der Waals surface area contributed by atoms with Gasteiger partial charge < -0.3 is 18.9 Å². The summed E-state index contributed by atoms with van der Waals surface area (Å²) in [7, 11) is 1.86. The minimum Gasteiger partial charge on any atom is -0.479 e. The van der Waals surface area contributed by atoms with E-state index in [9.17, 15) is 9.59 Å². The molecule has 0 aliphatic rings. The van der Waals surface area contributed by atoms with E-state index in [1.807, 2.05) is 25.8 Å². The first-order valence-corrected chi connectivity index (χ1v) is 12.0. The predicted octanol–water partition coefficient (Wildman–Crippen LogP) is 3.67. The molecule has 0 saturated heterocycles. The lowest BCUT2D eigenvalue weighted by atomic mass is 10.2. The van der Waals surface area contributed by atoms with Gasteiger partial charge in [0.1, 0.15) is 22.7 Å². The van der Waals surface area contributed by atoms with Gasteiger partial charge in [-0.2, -0.15) is 0 Å². The molecule has 30 heavy (non-hydrogen) atoms. The number of carbonyl (C=O) groups is 2. The lowest BCUT2D eigenvalue weighted by Crippen LogP contribution is -2.36. The molecular formula is C19H33NO6S4. The molecule has 0 aliphatic heterocycles. The maximum Gasteiger partial charge on any atom is 0.322 e. The summed E-state index contributed by atoms with van der Waals surface area (Å²) >= 11 is 12.5. The molecule has 0 aliphatic carbocycles. The molecule has 174 valence electrons. The van der Waals surface area contributed by atoms with E-state index in [1.54, 1.807) is 27.7 Å². The monoisotopic (exact) mass is 499 g/mol. The quantitative estimate of drug-likeness (QED) is 0.292. The van der Waals surface area contributed by atoms with E-state index >= 15 is 0 Å². The average molecular weight is 500 g/mol. The van der Waals surface area contributed by atoms with Gasteiger partial charge in [0.15, 0.2) is 0 Å². The van der Waals surface area contributed by atoms with Crippen molar-refractivity contribution in [2.75, 3.05) is 46.6 Å². The van der Waals surface area contributed by atoms with Crippen molar-refractivity contribution >= 4 is 68.7 Å². The zero-order valence-corrected chi connectivity index (χ0v) is 22.0. The van der Waals surface area contributed by atoms with Crippen LogP contribution in [-0.4, -0.2) is 81.7 Å². The fourth-order valence-electron chi connectivity index (χ4n) is 1.84. The number of nitrogens with zero attached hydrogens (tertiary/aromatic N) is 1. The third-order valence-electron chi connectivity index (χ3n) is 3.60. The van der Waals surface area contributed by atoms with Gasteiger partial charge in [-0.05, 0) is 73.0 Å². The molecule has 0 aromatic carbocycles. The first-order valence-electron chi connectivity index (χ1n) is 9.60. The third-order valence-corrected chi connectivity index (χ3v) is 6.26. The second-order valence-electron chi connectivity index (χ2n) is 7.17. The second-order valence-corrected chi connectivity index (χ2v) is 11.6. The molecule has 0 saturated carbocycles. The van der Waals surface area contributed by atoms with Crippen LogP contribution in [0, 0.1) is 0 Å². The Morgan fingerprint density at radius 3 is 1.40 bits per heavy atom. The van der Waals surface area contributed by atoms with Crippen LogP contribution >= 0.6 is 48.0 Å². The van der Waals surface area contributed by atoms with Crippen LogP contribution in [0.25, 0.3) is 0 Å². The van der Waals surface area contributed by atoms with Crippen molar-refractivity contribution in [3.05, 3.63) is 0 Å². The molecule has 0 bridgehead atoms. The molecule has 0 aromatic heterocycles. The Balaban J connectivity index is 4.21. The van der Waals surface area contributed by atoms with Crippen LogP contribution in [-0.2, 0) is 28.5 Å². The van der Waals surface area contributed by atoms with Crippen LogP contribution in [0.2, 0.25) is 0 Å². The summed E-state index contributed by atoms with van der Waals surface area (Å²) in [4.78, 5) is 26.4.